The van der Waals surface area contributed by atoms with E-state index in [1.807, 2.05) is 0 Å². The van der Waals surface area contributed by atoms with Crippen LogP contribution in [-0.2, 0) is 4.74 Å². The van der Waals surface area contributed by atoms with Crippen molar-refractivity contribution in [2.24, 2.45) is 0 Å². The molecule has 4 heteroatoms. The molecule has 1 rings (SSSR count). The Hall–Kier alpha value is -0.190. The molecule has 0 spiro atoms. The van der Waals surface area contributed by atoms with E-state index >= 15 is 0 Å². The molecule has 3 nitrogen and oxygen atoms in total. The molecule has 5 atom stereocenters. The Balaban J connectivity index is 2.59. The fourth-order valence-corrected chi connectivity index (χ4v) is 1.26. The van der Waals surface area contributed by atoms with Gasteiger partial charge >= 0.3 is 0 Å². The normalized spacial score (nSPS) is 47.7. The lowest BCUT2D eigenvalue weighted by Crippen LogP contribution is -2.35. The first-order chi connectivity index (χ1) is 5.04. The average Bonchev–Trinajstić information content (AvgIpc) is 2.17. The summed E-state index contributed by atoms with van der Waals surface area (Å²) in [5.74, 6) is 0. The molecule has 1 saturated heterocycles. The predicted molar refractivity (Wildman–Crippen MR) is 36.9 cm³/mol. The van der Waals surface area contributed by atoms with Crippen molar-refractivity contribution >= 4 is 0 Å². The van der Waals surface area contributed by atoms with Crippen molar-refractivity contribution in [2.75, 3.05) is 0 Å². The van der Waals surface area contributed by atoms with Gasteiger partial charge in [-0.05, 0) is 13.8 Å². The van der Waals surface area contributed by atoms with E-state index < -0.39 is 30.6 Å². The molecule has 11 heavy (non-hydrogen) atoms. The van der Waals surface area contributed by atoms with Crippen LogP contribution >= 0.6 is 0 Å². The number of aliphatic hydroxyl groups excluding tert-OH is 2. The number of rotatable bonds is 1. The molecule has 1 fully saturated rings. The standard InChI is InChI=1S/C7H13FO3/c1-3(8)7-6(10)5(9)4(2)11-7/h3-7,9-10H,1-2H3/t3-,4+,5?,6-,7-/m1/s1. The van der Waals surface area contributed by atoms with Gasteiger partial charge < -0.3 is 14.9 Å². The van der Waals surface area contributed by atoms with Crippen molar-refractivity contribution in [1.29, 1.82) is 0 Å². The lowest BCUT2D eigenvalue weighted by Gasteiger charge is -2.14. The van der Waals surface area contributed by atoms with Gasteiger partial charge in [0.1, 0.15) is 24.5 Å². The first-order valence-corrected chi connectivity index (χ1v) is 3.69. The minimum atomic E-state index is -1.25. The fraction of sp³-hybridized carbons (Fsp3) is 1.00. The van der Waals surface area contributed by atoms with Crippen molar-refractivity contribution in [3.8, 4) is 0 Å². The number of aliphatic hydroxyl groups is 2. The van der Waals surface area contributed by atoms with E-state index in [4.69, 9.17) is 9.84 Å². The van der Waals surface area contributed by atoms with Crippen molar-refractivity contribution in [3.05, 3.63) is 0 Å². The van der Waals surface area contributed by atoms with Crippen LogP contribution < -0.4 is 0 Å². The highest BCUT2D eigenvalue weighted by Gasteiger charge is 2.42. The second-order valence-corrected chi connectivity index (χ2v) is 2.96. The van der Waals surface area contributed by atoms with Gasteiger partial charge in [-0.15, -0.1) is 0 Å². The molecule has 66 valence electrons. The number of halogens is 1. The summed E-state index contributed by atoms with van der Waals surface area (Å²) < 4.78 is 17.6. The highest BCUT2D eigenvalue weighted by molar-refractivity contribution is 4.90. The second-order valence-electron chi connectivity index (χ2n) is 2.96. The summed E-state index contributed by atoms with van der Waals surface area (Å²) in [5.41, 5.74) is 0. The summed E-state index contributed by atoms with van der Waals surface area (Å²) in [6.07, 6.45) is -4.65. The molecule has 0 aromatic heterocycles. The lowest BCUT2D eigenvalue weighted by molar-refractivity contribution is -0.0265. The molecule has 1 aliphatic rings. The fourth-order valence-electron chi connectivity index (χ4n) is 1.26. The molecule has 0 aromatic rings. The molecule has 1 heterocycles. The van der Waals surface area contributed by atoms with Crippen LogP contribution in [0.2, 0.25) is 0 Å². The first-order valence-electron chi connectivity index (χ1n) is 3.69. The van der Waals surface area contributed by atoms with E-state index in [2.05, 4.69) is 0 Å². The van der Waals surface area contributed by atoms with Crippen LogP contribution in [0.1, 0.15) is 13.8 Å². The molecule has 0 bridgehead atoms. The SMILES string of the molecule is C[C@@H]1O[C@H]([C@@H](C)F)[C@H](O)C1O. The zero-order chi connectivity index (χ0) is 8.59. The van der Waals surface area contributed by atoms with Crippen molar-refractivity contribution < 1.29 is 19.3 Å². The van der Waals surface area contributed by atoms with Gasteiger partial charge in [0.15, 0.2) is 0 Å². The Morgan fingerprint density at radius 2 is 1.91 bits per heavy atom. The van der Waals surface area contributed by atoms with Crippen LogP contribution in [0.3, 0.4) is 0 Å². The third-order valence-corrected chi connectivity index (χ3v) is 1.99. The molecular formula is C7H13FO3. The third-order valence-electron chi connectivity index (χ3n) is 1.99. The summed E-state index contributed by atoms with van der Waals surface area (Å²) in [7, 11) is 0. The molecule has 0 amide bonds. The van der Waals surface area contributed by atoms with E-state index in [1.54, 1.807) is 6.92 Å². The number of alkyl halides is 1. The molecule has 0 saturated carbocycles. The zero-order valence-electron chi connectivity index (χ0n) is 6.57. The maximum Gasteiger partial charge on any atom is 0.126 e. The van der Waals surface area contributed by atoms with Crippen molar-refractivity contribution in [2.45, 2.75) is 44.4 Å². The zero-order valence-corrected chi connectivity index (χ0v) is 6.57. The highest BCUT2D eigenvalue weighted by atomic mass is 19.1. The Morgan fingerprint density at radius 1 is 1.36 bits per heavy atom. The van der Waals surface area contributed by atoms with Gasteiger partial charge in [0.25, 0.3) is 0 Å². The number of ether oxygens (including phenoxy) is 1. The predicted octanol–water partition coefficient (Wildman–Crippen LogP) is -0.147. The summed E-state index contributed by atoms with van der Waals surface area (Å²) in [5, 5.41) is 18.3. The van der Waals surface area contributed by atoms with Crippen LogP contribution in [0.4, 0.5) is 4.39 Å². The van der Waals surface area contributed by atoms with Crippen molar-refractivity contribution in [1.82, 2.24) is 0 Å². The largest absolute Gasteiger partial charge is 0.388 e. The van der Waals surface area contributed by atoms with Gasteiger partial charge in [-0.25, -0.2) is 4.39 Å². The average molecular weight is 164 g/mol. The van der Waals surface area contributed by atoms with Gasteiger partial charge in [0.05, 0.1) is 6.10 Å². The van der Waals surface area contributed by atoms with Crippen LogP contribution in [0, 0.1) is 0 Å². The minimum Gasteiger partial charge on any atom is -0.388 e. The molecule has 0 radical (unpaired) electrons. The minimum absolute atomic E-state index is 0.479. The van der Waals surface area contributed by atoms with Crippen LogP contribution in [0.25, 0.3) is 0 Å². The quantitative estimate of drug-likeness (QED) is 0.566. The smallest absolute Gasteiger partial charge is 0.126 e. The lowest BCUT2D eigenvalue weighted by atomic mass is 10.1. The maximum atomic E-state index is 12.6. The molecule has 1 aliphatic heterocycles. The first kappa shape index (κ1) is 8.90. The Kier molecular flexibility index (Phi) is 2.47. The van der Waals surface area contributed by atoms with Crippen LogP contribution in [0.5, 0.6) is 0 Å². The van der Waals surface area contributed by atoms with E-state index in [0.29, 0.717) is 0 Å². The Bertz CT molecular complexity index is 140. The second kappa shape index (κ2) is 3.05. The van der Waals surface area contributed by atoms with Crippen LogP contribution in [-0.4, -0.2) is 40.8 Å². The molecule has 1 unspecified atom stereocenters. The summed E-state index contributed by atoms with van der Waals surface area (Å²) in [4.78, 5) is 0. The summed E-state index contributed by atoms with van der Waals surface area (Å²) >= 11 is 0. The van der Waals surface area contributed by atoms with E-state index in [9.17, 15) is 9.50 Å². The van der Waals surface area contributed by atoms with Gasteiger partial charge in [-0.3, -0.25) is 0 Å². The Labute approximate surface area is 64.8 Å². The maximum absolute atomic E-state index is 12.6. The number of hydrogen-bond donors (Lipinski definition) is 2. The van der Waals surface area contributed by atoms with Gasteiger partial charge in [0.2, 0.25) is 0 Å². The van der Waals surface area contributed by atoms with E-state index in [-0.39, 0.29) is 0 Å². The monoisotopic (exact) mass is 164 g/mol. The molecular weight excluding hydrogens is 151 g/mol. The van der Waals surface area contributed by atoms with Gasteiger partial charge in [-0.2, -0.15) is 0 Å². The summed E-state index contributed by atoms with van der Waals surface area (Å²) in [6.45, 7) is 2.91. The molecule has 0 aliphatic carbocycles. The number of hydrogen-bond acceptors (Lipinski definition) is 3. The third kappa shape index (κ3) is 1.52. The van der Waals surface area contributed by atoms with Gasteiger partial charge in [-0.1, -0.05) is 0 Å². The molecule has 2 N–H and O–H groups in total. The van der Waals surface area contributed by atoms with Crippen molar-refractivity contribution in [3.63, 3.8) is 0 Å². The van der Waals surface area contributed by atoms with E-state index in [0.717, 1.165) is 0 Å². The van der Waals surface area contributed by atoms with Gasteiger partial charge in [0, 0.05) is 0 Å². The van der Waals surface area contributed by atoms with Crippen LogP contribution in [0.15, 0.2) is 0 Å². The van der Waals surface area contributed by atoms with E-state index in [1.165, 1.54) is 6.92 Å². The Morgan fingerprint density at radius 3 is 2.09 bits per heavy atom. The molecule has 0 aromatic carbocycles. The highest BCUT2D eigenvalue weighted by Crippen LogP contribution is 2.24. The topological polar surface area (TPSA) is 49.7 Å². The summed E-state index contributed by atoms with van der Waals surface area (Å²) in [6, 6.07) is 0.